The highest BCUT2D eigenvalue weighted by Crippen LogP contribution is 2.23. The van der Waals surface area contributed by atoms with Gasteiger partial charge in [-0.3, -0.25) is 9.78 Å². The highest BCUT2D eigenvalue weighted by Gasteiger charge is 2.40. The number of carbonyl (C=O) groups excluding carboxylic acids is 1. The molecule has 0 aliphatic heterocycles. The molecular weight excluding hydrogens is 293 g/mol. The van der Waals surface area contributed by atoms with Crippen LogP contribution in [-0.4, -0.2) is 23.1 Å². The van der Waals surface area contributed by atoms with Crippen molar-refractivity contribution in [1.82, 2.24) is 10.3 Å². The van der Waals surface area contributed by atoms with Crippen molar-refractivity contribution in [2.75, 3.05) is 0 Å². The Labute approximate surface area is 126 Å². The van der Waals surface area contributed by atoms with Gasteiger partial charge in [0.15, 0.2) is 0 Å². The minimum atomic E-state index is -4.50. The van der Waals surface area contributed by atoms with Crippen molar-refractivity contribution in [3.8, 4) is 0 Å². The summed E-state index contributed by atoms with van der Waals surface area (Å²) in [6.07, 6.45) is -1.92. The Hall–Kier alpha value is -2.37. The lowest BCUT2D eigenvalue weighted by atomic mass is 10.1. The van der Waals surface area contributed by atoms with E-state index in [1.54, 1.807) is 42.5 Å². The largest absolute Gasteiger partial charge is 0.408 e. The number of nitrogens with one attached hydrogen (secondary N) is 1. The van der Waals surface area contributed by atoms with Gasteiger partial charge in [-0.25, -0.2) is 0 Å². The summed E-state index contributed by atoms with van der Waals surface area (Å²) in [6.45, 7) is 0. The van der Waals surface area contributed by atoms with Crippen molar-refractivity contribution in [3.63, 3.8) is 0 Å². The van der Waals surface area contributed by atoms with Crippen LogP contribution in [0.1, 0.15) is 11.1 Å². The molecule has 1 atom stereocenters. The standard InChI is InChI=1S/C16H15F3N2O/c17-16(18,19)14(9-12-5-2-1-3-6-12)21-15(22)10-13-7-4-8-20-11-13/h1-8,11,14H,9-10H2,(H,21,22)/t14-/m0/s1. The van der Waals surface area contributed by atoms with Crippen LogP contribution in [0.2, 0.25) is 0 Å². The molecule has 22 heavy (non-hydrogen) atoms. The fourth-order valence-electron chi connectivity index (χ4n) is 2.03. The molecule has 2 aromatic rings. The number of nitrogens with zero attached hydrogens (tertiary/aromatic N) is 1. The van der Waals surface area contributed by atoms with E-state index in [1.807, 2.05) is 0 Å². The molecule has 1 heterocycles. The molecule has 0 bridgehead atoms. The Morgan fingerprint density at radius 1 is 1.09 bits per heavy atom. The summed E-state index contributed by atoms with van der Waals surface area (Å²) in [5.41, 5.74) is 1.09. The van der Waals surface area contributed by atoms with Crippen LogP contribution in [0, 0.1) is 0 Å². The van der Waals surface area contributed by atoms with Gasteiger partial charge in [0, 0.05) is 18.8 Å². The molecular formula is C16H15F3N2O. The summed E-state index contributed by atoms with van der Waals surface area (Å²) < 4.78 is 39.2. The molecule has 1 aromatic heterocycles. The minimum absolute atomic E-state index is 0.130. The van der Waals surface area contributed by atoms with E-state index in [0.717, 1.165) is 0 Å². The first-order chi connectivity index (χ1) is 10.4. The number of benzene rings is 1. The van der Waals surface area contributed by atoms with Gasteiger partial charge >= 0.3 is 6.18 Å². The summed E-state index contributed by atoms with van der Waals surface area (Å²) in [5.74, 6) is -0.675. The van der Waals surface area contributed by atoms with Crippen LogP contribution in [0.15, 0.2) is 54.9 Å². The third-order valence-corrected chi connectivity index (χ3v) is 3.10. The highest BCUT2D eigenvalue weighted by atomic mass is 19.4. The van der Waals surface area contributed by atoms with Gasteiger partial charge in [-0.15, -0.1) is 0 Å². The number of hydrogen-bond donors (Lipinski definition) is 1. The Kier molecular flexibility index (Phi) is 5.14. The van der Waals surface area contributed by atoms with Gasteiger partial charge in [0.2, 0.25) is 5.91 Å². The van der Waals surface area contributed by atoms with Gasteiger partial charge in [-0.05, 0) is 17.2 Å². The quantitative estimate of drug-likeness (QED) is 0.923. The first kappa shape index (κ1) is 16.0. The van der Waals surface area contributed by atoms with E-state index in [9.17, 15) is 18.0 Å². The molecule has 0 radical (unpaired) electrons. The number of amides is 1. The molecule has 0 saturated carbocycles. The number of rotatable bonds is 5. The third kappa shape index (κ3) is 4.87. The number of halogens is 3. The van der Waals surface area contributed by atoms with Gasteiger partial charge in [0.25, 0.3) is 0 Å². The van der Waals surface area contributed by atoms with Crippen LogP contribution in [-0.2, 0) is 17.6 Å². The Balaban J connectivity index is 2.02. The SMILES string of the molecule is O=C(Cc1cccnc1)N[C@@H](Cc1ccccc1)C(F)(F)F. The van der Waals surface area contributed by atoms with E-state index in [1.165, 1.54) is 12.4 Å². The van der Waals surface area contributed by atoms with Crippen molar-refractivity contribution in [3.05, 3.63) is 66.0 Å². The average Bonchev–Trinajstić information content (AvgIpc) is 2.48. The second-order valence-corrected chi connectivity index (χ2v) is 4.89. The van der Waals surface area contributed by atoms with Crippen molar-refractivity contribution in [2.45, 2.75) is 25.1 Å². The molecule has 0 spiro atoms. The maximum Gasteiger partial charge on any atom is 0.408 e. The molecule has 0 unspecified atom stereocenters. The number of hydrogen-bond acceptors (Lipinski definition) is 2. The first-order valence-corrected chi connectivity index (χ1v) is 6.74. The van der Waals surface area contributed by atoms with E-state index in [-0.39, 0.29) is 12.8 Å². The lowest BCUT2D eigenvalue weighted by molar-refractivity contribution is -0.161. The summed E-state index contributed by atoms with van der Waals surface area (Å²) in [5, 5.41) is 2.06. The van der Waals surface area contributed by atoms with Gasteiger partial charge in [0.05, 0.1) is 6.42 Å². The van der Waals surface area contributed by atoms with Gasteiger partial charge in [0.1, 0.15) is 6.04 Å². The normalized spacial score (nSPS) is 12.7. The number of aromatic nitrogens is 1. The number of carbonyl (C=O) groups is 1. The van der Waals surface area contributed by atoms with Crippen LogP contribution in [0.4, 0.5) is 13.2 Å². The molecule has 3 nitrogen and oxygen atoms in total. The summed E-state index contributed by atoms with van der Waals surface area (Å²) >= 11 is 0. The molecule has 1 amide bonds. The van der Waals surface area contributed by atoms with Crippen molar-refractivity contribution >= 4 is 5.91 Å². The van der Waals surface area contributed by atoms with Crippen LogP contribution in [0.5, 0.6) is 0 Å². The van der Waals surface area contributed by atoms with Crippen LogP contribution in [0.3, 0.4) is 0 Å². The second-order valence-electron chi connectivity index (χ2n) is 4.89. The second kappa shape index (κ2) is 7.06. The Bertz CT molecular complexity index is 600. The zero-order valence-corrected chi connectivity index (χ0v) is 11.7. The molecule has 1 N–H and O–H groups in total. The van der Waals surface area contributed by atoms with E-state index >= 15 is 0 Å². The zero-order chi connectivity index (χ0) is 16.0. The van der Waals surface area contributed by atoms with Crippen molar-refractivity contribution in [1.29, 1.82) is 0 Å². The fraction of sp³-hybridized carbons (Fsp3) is 0.250. The first-order valence-electron chi connectivity index (χ1n) is 6.74. The van der Waals surface area contributed by atoms with E-state index < -0.39 is 18.1 Å². The molecule has 6 heteroatoms. The molecule has 116 valence electrons. The van der Waals surface area contributed by atoms with Crippen LogP contribution in [0.25, 0.3) is 0 Å². The molecule has 0 fully saturated rings. The summed E-state index contributed by atoms with van der Waals surface area (Å²) in [7, 11) is 0. The molecule has 2 rings (SSSR count). The maximum absolute atomic E-state index is 13.1. The van der Waals surface area contributed by atoms with Gasteiger partial charge in [-0.2, -0.15) is 13.2 Å². The maximum atomic E-state index is 13.1. The Morgan fingerprint density at radius 2 is 1.77 bits per heavy atom. The lowest BCUT2D eigenvalue weighted by Gasteiger charge is -2.21. The average molecular weight is 308 g/mol. The summed E-state index contributed by atoms with van der Waals surface area (Å²) in [4.78, 5) is 15.7. The molecule has 1 aromatic carbocycles. The van der Waals surface area contributed by atoms with Crippen LogP contribution < -0.4 is 5.32 Å². The van der Waals surface area contributed by atoms with Crippen molar-refractivity contribution < 1.29 is 18.0 Å². The number of pyridine rings is 1. The van der Waals surface area contributed by atoms with Gasteiger partial charge < -0.3 is 5.32 Å². The fourth-order valence-corrected chi connectivity index (χ4v) is 2.03. The van der Waals surface area contributed by atoms with Crippen LogP contribution >= 0.6 is 0 Å². The summed E-state index contributed by atoms with van der Waals surface area (Å²) in [6, 6.07) is 9.64. The minimum Gasteiger partial charge on any atom is -0.344 e. The molecule has 0 aliphatic rings. The van der Waals surface area contributed by atoms with Crippen molar-refractivity contribution in [2.24, 2.45) is 0 Å². The Morgan fingerprint density at radius 3 is 2.36 bits per heavy atom. The monoisotopic (exact) mass is 308 g/mol. The van der Waals surface area contributed by atoms with E-state index in [2.05, 4.69) is 10.3 Å². The zero-order valence-electron chi connectivity index (χ0n) is 11.7. The van der Waals surface area contributed by atoms with E-state index in [4.69, 9.17) is 0 Å². The molecule has 0 aliphatic carbocycles. The predicted molar refractivity (Wildman–Crippen MR) is 76.1 cm³/mol. The smallest absolute Gasteiger partial charge is 0.344 e. The topological polar surface area (TPSA) is 42.0 Å². The van der Waals surface area contributed by atoms with Gasteiger partial charge in [-0.1, -0.05) is 36.4 Å². The van der Waals surface area contributed by atoms with E-state index in [0.29, 0.717) is 11.1 Å². The third-order valence-electron chi connectivity index (χ3n) is 3.10. The number of alkyl halides is 3. The highest BCUT2D eigenvalue weighted by molar-refractivity contribution is 5.78. The predicted octanol–water partition coefficient (Wildman–Crippen LogP) is 2.91. The lowest BCUT2D eigenvalue weighted by Crippen LogP contribution is -2.47. The molecule has 0 saturated heterocycles.